The molecule has 142 valence electrons. The van der Waals surface area contributed by atoms with Crippen molar-refractivity contribution < 1.29 is 4.52 Å². The number of aromatic nitrogens is 6. The molecule has 9 heteroatoms. The highest BCUT2D eigenvalue weighted by atomic mass is 16.5. The first kappa shape index (κ1) is 17.6. The largest absolute Gasteiger partial charge is 0.354 e. The van der Waals surface area contributed by atoms with Gasteiger partial charge in [-0.1, -0.05) is 5.16 Å². The van der Waals surface area contributed by atoms with E-state index < -0.39 is 0 Å². The van der Waals surface area contributed by atoms with Crippen LogP contribution < -0.4 is 4.90 Å². The lowest BCUT2D eigenvalue weighted by atomic mass is 10.3. The van der Waals surface area contributed by atoms with E-state index in [-0.39, 0.29) is 0 Å². The molecule has 0 atom stereocenters. The van der Waals surface area contributed by atoms with Gasteiger partial charge in [-0.05, 0) is 33.8 Å². The fraction of sp³-hybridized carbons (Fsp3) is 0.500. The van der Waals surface area contributed by atoms with Gasteiger partial charge in [-0.15, -0.1) is 0 Å². The smallest absolute Gasteiger partial charge is 0.240 e. The van der Waals surface area contributed by atoms with Crippen molar-refractivity contribution in [1.29, 1.82) is 0 Å². The van der Waals surface area contributed by atoms with Crippen molar-refractivity contribution in [2.45, 2.75) is 34.2 Å². The van der Waals surface area contributed by atoms with Crippen LogP contribution in [0.5, 0.6) is 0 Å². The van der Waals surface area contributed by atoms with Gasteiger partial charge in [0.15, 0.2) is 11.6 Å². The van der Waals surface area contributed by atoms with Crippen LogP contribution in [0.4, 0.5) is 5.82 Å². The second kappa shape index (κ2) is 7.07. The van der Waals surface area contributed by atoms with E-state index in [4.69, 9.17) is 4.52 Å². The molecule has 4 rings (SSSR count). The molecule has 3 aromatic heterocycles. The van der Waals surface area contributed by atoms with Gasteiger partial charge < -0.3 is 9.42 Å². The molecule has 3 aromatic rings. The molecule has 0 N–H and O–H groups in total. The summed E-state index contributed by atoms with van der Waals surface area (Å²) in [6.45, 7) is 12.1. The zero-order valence-corrected chi connectivity index (χ0v) is 16.2. The van der Waals surface area contributed by atoms with Crippen molar-refractivity contribution in [2.24, 2.45) is 0 Å². The molecule has 0 unspecified atom stereocenters. The molecular formula is C18H24N8O. The monoisotopic (exact) mass is 368 g/mol. The van der Waals surface area contributed by atoms with Gasteiger partial charge >= 0.3 is 0 Å². The average molecular weight is 368 g/mol. The normalized spacial score (nSPS) is 15.5. The first-order valence-electron chi connectivity index (χ1n) is 9.14. The highest BCUT2D eigenvalue weighted by Gasteiger charge is 2.21. The van der Waals surface area contributed by atoms with Crippen LogP contribution in [-0.2, 0) is 6.54 Å². The molecule has 0 amide bonds. The number of aryl methyl sites for hydroxylation is 4. The molecule has 0 aliphatic carbocycles. The van der Waals surface area contributed by atoms with Crippen molar-refractivity contribution in [3.8, 4) is 5.82 Å². The molecule has 9 nitrogen and oxygen atoms in total. The summed E-state index contributed by atoms with van der Waals surface area (Å²) in [5.41, 5.74) is 2.05. The summed E-state index contributed by atoms with van der Waals surface area (Å²) in [5.74, 6) is 3.85. The number of nitrogens with zero attached hydrogens (tertiary/aromatic N) is 8. The summed E-state index contributed by atoms with van der Waals surface area (Å²) < 4.78 is 7.10. The van der Waals surface area contributed by atoms with Gasteiger partial charge in [-0.3, -0.25) is 4.90 Å². The number of hydrogen-bond donors (Lipinski definition) is 0. The Morgan fingerprint density at radius 2 is 1.63 bits per heavy atom. The van der Waals surface area contributed by atoms with Gasteiger partial charge in [-0.25, -0.2) is 14.6 Å². The van der Waals surface area contributed by atoms with Crippen LogP contribution in [0.3, 0.4) is 0 Å². The second-order valence-corrected chi connectivity index (χ2v) is 6.97. The van der Waals surface area contributed by atoms with Gasteiger partial charge in [-0.2, -0.15) is 10.1 Å². The number of anilines is 1. The predicted octanol–water partition coefficient (Wildman–Crippen LogP) is 1.60. The van der Waals surface area contributed by atoms with Crippen LogP contribution in [0.1, 0.15) is 28.9 Å². The molecule has 1 fully saturated rings. The molecule has 0 aromatic carbocycles. The number of hydrogen-bond acceptors (Lipinski definition) is 8. The van der Waals surface area contributed by atoms with Crippen LogP contribution in [0.2, 0.25) is 0 Å². The molecular weight excluding hydrogens is 344 g/mol. The number of piperazine rings is 1. The minimum absolute atomic E-state index is 0.672. The topological polar surface area (TPSA) is 89.0 Å². The summed E-state index contributed by atoms with van der Waals surface area (Å²) in [6, 6.07) is 4.07. The molecule has 1 saturated heterocycles. The lowest BCUT2D eigenvalue weighted by Crippen LogP contribution is -2.46. The number of rotatable bonds is 4. The van der Waals surface area contributed by atoms with Gasteiger partial charge in [0.1, 0.15) is 11.6 Å². The first-order chi connectivity index (χ1) is 13.0. The Balaban J connectivity index is 1.47. The van der Waals surface area contributed by atoms with Crippen LogP contribution >= 0.6 is 0 Å². The van der Waals surface area contributed by atoms with E-state index in [1.165, 1.54) is 0 Å². The van der Waals surface area contributed by atoms with Crippen molar-refractivity contribution >= 4 is 5.82 Å². The van der Waals surface area contributed by atoms with Crippen LogP contribution in [-0.4, -0.2) is 61.0 Å². The summed E-state index contributed by atoms with van der Waals surface area (Å²) in [7, 11) is 0. The van der Waals surface area contributed by atoms with E-state index in [1.54, 1.807) is 0 Å². The van der Waals surface area contributed by atoms with E-state index in [2.05, 4.69) is 41.1 Å². The fourth-order valence-corrected chi connectivity index (χ4v) is 3.40. The Hall–Kier alpha value is -2.81. The Morgan fingerprint density at radius 3 is 2.26 bits per heavy atom. The van der Waals surface area contributed by atoms with Crippen LogP contribution in [0.25, 0.3) is 5.82 Å². The van der Waals surface area contributed by atoms with E-state index in [9.17, 15) is 0 Å². The Labute approximate surface area is 158 Å². The fourth-order valence-electron chi connectivity index (χ4n) is 3.40. The van der Waals surface area contributed by atoms with Gasteiger partial charge in [0.05, 0.1) is 12.2 Å². The maximum absolute atomic E-state index is 5.23. The third kappa shape index (κ3) is 3.82. The molecule has 27 heavy (non-hydrogen) atoms. The highest BCUT2D eigenvalue weighted by molar-refractivity contribution is 5.45. The molecule has 0 bridgehead atoms. The molecule has 1 aliphatic heterocycles. The second-order valence-electron chi connectivity index (χ2n) is 6.97. The SMILES string of the molecule is Cc1cc(C)n(-c2cc(N3CCN(Cc4nc(C)no4)CC3)nc(C)n2)n1. The first-order valence-corrected chi connectivity index (χ1v) is 9.14. The maximum atomic E-state index is 5.23. The standard InChI is InChI=1S/C18H24N8O/c1-12-9-13(2)26(22-12)17-10-16(19-14(3)20-17)25-7-5-24(6-8-25)11-18-21-15(4)23-27-18/h9-10H,5-8,11H2,1-4H3. The molecule has 0 saturated carbocycles. The minimum atomic E-state index is 0.672. The minimum Gasteiger partial charge on any atom is -0.354 e. The average Bonchev–Trinajstić information content (AvgIpc) is 3.19. The van der Waals surface area contributed by atoms with Gasteiger partial charge in [0, 0.05) is 37.9 Å². The summed E-state index contributed by atoms with van der Waals surface area (Å²) >= 11 is 0. The van der Waals surface area contributed by atoms with Crippen LogP contribution in [0, 0.1) is 27.7 Å². The van der Waals surface area contributed by atoms with Crippen molar-refractivity contribution in [2.75, 3.05) is 31.1 Å². The predicted molar refractivity (Wildman–Crippen MR) is 99.9 cm³/mol. The van der Waals surface area contributed by atoms with Gasteiger partial charge in [0.2, 0.25) is 5.89 Å². The Morgan fingerprint density at radius 1 is 0.889 bits per heavy atom. The van der Waals surface area contributed by atoms with Crippen molar-refractivity contribution in [3.63, 3.8) is 0 Å². The maximum Gasteiger partial charge on any atom is 0.240 e. The van der Waals surface area contributed by atoms with E-state index in [0.717, 1.165) is 55.0 Å². The summed E-state index contributed by atoms with van der Waals surface area (Å²) in [6.07, 6.45) is 0. The molecule has 1 aliphatic rings. The van der Waals surface area contributed by atoms with E-state index >= 15 is 0 Å². The summed E-state index contributed by atoms with van der Waals surface area (Å²) in [5, 5.41) is 8.40. The highest BCUT2D eigenvalue weighted by Crippen LogP contribution is 2.19. The van der Waals surface area contributed by atoms with Crippen molar-refractivity contribution in [1.82, 2.24) is 34.8 Å². The third-order valence-corrected chi connectivity index (χ3v) is 4.66. The van der Waals surface area contributed by atoms with Crippen molar-refractivity contribution in [3.05, 3.63) is 41.1 Å². The van der Waals surface area contributed by atoms with Gasteiger partial charge in [0.25, 0.3) is 0 Å². The van der Waals surface area contributed by atoms with E-state index in [0.29, 0.717) is 18.3 Å². The third-order valence-electron chi connectivity index (χ3n) is 4.66. The lowest BCUT2D eigenvalue weighted by Gasteiger charge is -2.34. The molecule has 0 radical (unpaired) electrons. The Kier molecular flexibility index (Phi) is 4.61. The van der Waals surface area contributed by atoms with Crippen LogP contribution in [0.15, 0.2) is 16.7 Å². The lowest BCUT2D eigenvalue weighted by molar-refractivity contribution is 0.215. The molecule has 0 spiro atoms. The van der Waals surface area contributed by atoms with E-state index in [1.807, 2.05) is 38.4 Å². The summed E-state index contributed by atoms with van der Waals surface area (Å²) in [4.78, 5) is 18.1. The molecule has 4 heterocycles. The zero-order chi connectivity index (χ0) is 19.0. The zero-order valence-electron chi connectivity index (χ0n) is 16.2. The quantitative estimate of drug-likeness (QED) is 0.686. The Bertz CT molecular complexity index is 939.